The average Bonchev–Trinajstić information content (AvgIpc) is 3.06. The van der Waals surface area contributed by atoms with Crippen LogP contribution in [-0.4, -0.2) is 61.6 Å². The first kappa shape index (κ1) is 36.7. The predicted molar refractivity (Wildman–Crippen MR) is 183 cm³/mol. The number of hydrogen-bond acceptors (Lipinski definition) is 7. The van der Waals surface area contributed by atoms with Gasteiger partial charge in [-0.3, -0.25) is 19.2 Å². The molecule has 0 fully saturated rings. The normalized spacial score (nSPS) is 19.4. The lowest BCUT2D eigenvalue weighted by Crippen LogP contribution is -2.52. The SMILES string of the molecule is CCOC(=O)CC1OC/C=C/CC(NC(=O)c2c(Cl)cc(Cl)cc2Cl)C(=O)NCC(=O)N[C@H]1Cc1ccc(OCc2ccccc2)cc1. The van der Waals surface area contributed by atoms with Crippen molar-refractivity contribution in [3.8, 4) is 5.75 Å². The molecule has 0 spiro atoms. The van der Waals surface area contributed by atoms with Gasteiger partial charge in [0, 0.05) is 5.02 Å². The number of nitrogens with one attached hydrogen (secondary N) is 3. The van der Waals surface area contributed by atoms with Gasteiger partial charge >= 0.3 is 5.97 Å². The molecule has 0 saturated heterocycles. The first-order valence-corrected chi connectivity index (χ1v) is 16.5. The highest BCUT2D eigenvalue weighted by molar-refractivity contribution is 6.42. The van der Waals surface area contributed by atoms with E-state index in [9.17, 15) is 19.2 Å². The Morgan fingerprint density at radius 1 is 0.958 bits per heavy atom. The van der Waals surface area contributed by atoms with E-state index in [0.29, 0.717) is 18.8 Å². The fourth-order valence-electron chi connectivity index (χ4n) is 4.94. The van der Waals surface area contributed by atoms with Gasteiger partial charge in [0.2, 0.25) is 11.8 Å². The van der Waals surface area contributed by atoms with Crippen molar-refractivity contribution < 1.29 is 33.4 Å². The van der Waals surface area contributed by atoms with E-state index in [-0.39, 0.29) is 46.7 Å². The van der Waals surface area contributed by atoms with Crippen LogP contribution in [-0.2, 0) is 36.9 Å². The molecule has 3 amide bonds. The average molecular weight is 717 g/mol. The van der Waals surface area contributed by atoms with E-state index in [1.807, 2.05) is 54.6 Å². The van der Waals surface area contributed by atoms with Crippen LogP contribution in [0.25, 0.3) is 0 Å². The number of benzene rings is 3. The van der Waals surface area contributed by atoms with Crippen LogP contribution in [0.15, 0.2) is 78.9 Å². The largest absolute Gasteiger partial charge is 0.489 e. The van der Waals surface area contributed by atoms with Gasteiger partial charge in [-0.15, -0.1) is 0 Å². The fourth-order valence-corrected chi connectivity index (χ4v) is 5.93. The molecule has 13 heteroatoms. The van der Waals surface area contributed by atoms with Gasteiger partial charge in [-0.25, -0.2) is 0 Å². The third-order valence-corrected chi connectivity index (χ3v) is 8.13. The van der Waals surface area contributed by atoms with Crippen molar-refractivity contribution in [3.05, 3.63) is 111 Å². The molecule has 1 aliphatic heterocycles. The lowest BCUT2D eigenvalue weighted by atomic mass is 9.98. The van der Waals surface area contributed by atoms with Crippen LogP contribution >= 0.6 is 34.8 Å². The molecule has 1 aliphatic rings. The Morgan fingerprint density at radius 2 is 1.67 bits per heavy atom. The second-order valence-electron chi connectivity index (χ2n) is 10.9. The first-order chi connectivity index (χ1) is 23.1. The number of esters is 1. The van der Waals surface area contributed by atoms with Crippen molar-refractivity contribution >= 4 is 58.5 Å². The van der Waals surface area contributed by atoms with Crippen LogP contribution in [0.1, 0.15) is 41.3 Å². The summed E-state index contributed by atoms with van der Waals surface area (Å²) in [5, 5.41) is 8.40. The highest BCUT2D eigenvalue weighted by Crippen LogP contribution is 2.29. The van der Waals surface area contributed by atoms with Gasteiger partial charge in [0.15, 0.2) is 0 Å². The molecule has 1 heterocycles. The van der Waals surface area contributed by atoms with Crippen LogP contribution in [0.5, 0.6) is 5.75 Å². The molecule has 0 aromatic heterocycles. The van der Waals surface area contributed by atoms with Gasteiger partial charge in [-0.05, 0) is 55.2 Å². The number of amides is 3. The number of hydrogen-bond donors (Lipinski definition) is 3. The Balaban J connectivity index is 1.48. The summed E-state index contributed by atoms with van der Waals surface area (Å²) in [6.07, 6.45) is 2.84. The first-order valence-electron chi connectivity index (χ1n) is 15.3. The Kier molecular flexibility index (Phi) is 14.1. The standard InChI is InChI=1S/C35H36Cl3N3O7/c1-2-46-32(43)19-30-29(16-22-11-13-25(14-12-22)48-21-23-8-4-3-5-9-23)40-31(42)20-39-34(44)28(10-6-7-15-47-30)41-35(45)33-26(37)17-24(36)18-27(33)38/h3-9,11-14,17-18,28-30H,2,10,15-16,19-21H2,1H3,(H,39,44)(H,40,42)(H,41,45)/b7-6+/t28?,29-,30?/m0/s1. The van der Waals surface area contributed by atoms with Crippen molar-refractivity contribution in [2.24, 2.45) is 0 Å². The number of halogens is 3. The van der Waals surface area contributed by atoms with Crippen molar-refractivity contribution in [3.63, 3.8) is 0 Å². The topological polar surface area (TPSA) is 132 Å². The monoisotopic (exact) mass is 715 g/mol. The number of ether oxygens (including phenoxy) is 3. The van der Waals surface area contributed by atoms with Crippen molar-refractivity contribution in [1.82, 2.24) is 16.0 Å². The maximum Gasteiger partial charge on any atom is 0.308 e. The van der Waals surface area contributed by atoms with Crippen molar-refractivity contribution in [2.45, 2.75) is 51.0 Å². The molecule has 3 atom stereocenters. The van der Waals surface area contributed by atoms with E-state index in [0.717, 1.165) is 11.1 Å². The highest BCUT2D eigenvalue weighted by Gasteiger charge is 2.29. The second-order valence-corrected chi connectivity index (χ2v) is 12.1. The Hall–Kier alpha value is -4.09. The summed E-state index contributed by atoms with van der Waals surface area (Å²) in [5.41, 5.74) is 1.86. The zero-order valence-electron chi connectivity index (χ0n) is 26.2. The minimum Gasteiger partial charge on any atom is -0.489 e. The zero-order valence-corrected chi connectivity index (χ0v) is 28.4. The maximum absolute atomic E-state index is 13.2. The van der Waals surface area contributed by atoms with E-state index in [2.05, 4.69) is 16.0 Å². The fraction of sp³-hybridized carbons (Fsp3) is 0.314. The van der Waals surface area contributed by atoms with Crippen LogP contribution in [0.2, 0.25) is 15.1 Å². The molecule has 254 valence electrons. The van der Waals surface area contributed by atoms with Crippen LogP contribution in [0, 0.1) is 0 Å². The number of carbonyl (C=O) groups is 4. The van der Waals surface area contributed by atoms with Crippen LogP contribution in [0.4, 0.5) is 0 Å². The van der Waals surface area contributed by atoms with Gasteiger partial charge in [-0.2, -0.15) is 0 Å². The summed E-state index contributed by atoms with van der Waals surface area (Å²) in [6, 6.07) is 18.2. The smallest absolute Gasteiger partial charge is 0.308 e. The van der Waals surface area contributed by atoms with Crippen LogP contribution < -0.4 is 20.7 Å². The van der Waals surface area contributed by atoms with E-state index < -0.39 is 48.4 Å². The van der Waals surface area contributed by atoms with Gasteiger partial charge < -0.3 is 30.2 Å². The third-order valence-electron chi connectivity index (χ3n) is 7.32. The maximum atomic E-state index is 13.2. The Labute approximate surface area is 294 Å². The van der Waals surface area contributed by atoms with Crippen molar-refractivity contribution in [1.29, 1.82) is 0 Å². The molecular weight excluding hydrogens is 681 g/mol. The van der Waals surface area contributed by atoms with E-state index in [1.54, 1.807) is 19.1 Å². The molecular formula is C35H36Cl3N3O7. The third kappa shape index (κ3) is 11.3. The molecule has 2 unspecified atom stereocenters. The predicted octanol–water partition coefficient (Wildman–Crippen LogP) is 5.47. The molecule has 0 radical (unpaired) electrons. The highest BCUT2D eigenvalue weighted by atomic mass is 35.5. The molecule has 3 aromatic rings. The van der Waals surface area contributed by atoms with Crippen molar-refractivity contribution in [2.75, 3.05) is 19.8 Å². The second kappa shape index (κ2) is 18.5. The molecule has 0 saturated carbocycles. The molecule has 0 bridgehead atoms. The summed E-state index contributed by atoms with van der Waals surface area (Å²) in [5.74, 6) is -1.61. The lowest BCUT2D eigenvalue weighted by molar-refractivity contribution is -0.147. The Morgan fingerprint density at radius 3 is 2.35 bits per heavy atom. The number of carbonyl (C=O) groups excluding carboxylic acids is 4. The van der Waals surface area contributed by atoms with E-state index in [4.69, 9.17) is 49.0 Å². The molecule has 3 aromatic carbocycles. The minimum absolute atomic E-state index is 0.0198. The molecule has 10 nitrogen and oxygen atoms in total. The van der Waals surface area contributed by atoms with Gasteiger partial charge in [0.1, 0.15) is 18.4 Å². The van der Waals surface area contributed by atoms with Gasteiger partial charge in [-0.1, -0.05) is 89.4 Å². The lowest BCUT2D eigenvalue weighted by Gasteiger charge is -2.28. The summed E-state index contributed by atoms with van der Waals surface area (Å²) < 4.78 is 17.2. The summed E-state index contributed by atoms with van der Waals surface area (Å²) in [6.45, 7) is 1.98. The quantitative estimate of drug-likeness (QED) is 0.188. The molecule has 4 rings (SSSR count). The Bertz CT molecular complexity index is 1580. The van der Waals surface area contributed by atoms with Gasteiger partial charge in [0.25, 0.3) is 5.91 Å². The minimum atomic E-state index is -1.07. The summed E-state index contributed by atoms with van der Waals surface area (Å²) in [4.78, 5) is 51.9. The summed E-state index contributed by atoms with van der Waals surface area (Å²) >= 11 is 18.4. The molecule has 0 aliphatic carbocycles. The molecule has 3 N–H and O–H groups in total. The van der Waals surface area contributed by atoms with E-state index >= 15 is 0 Å². The zero-order chi connectivity index (χ0) is 34.5. The van der Waals surface area contributed by atoms with E-state index in [1.165, 1.54) is 12.1 Å². The van der Waals surface area contributed by atoms with Crippen LogP contribution in [0.3, 0.4) is 0 Å². The summed E-state index contributed by atoms with van der Waals surface area (Å²) in [7, 11) is 0. The molecule has 48 heavy (non-hydrogen) atoms. The van der Waals surface area contributed by atoms with Gasteiger partial charge in [0.05, 0.1) is 53.9 Å². The number of rotatable bonds is 10.